The molecule has 2 aliphatic heterocycles. The van der Waals surface area contributed by atoms with Crippen LogP contribution in [-0.2, 0) is 18.9 Å². The van der Waals surface area contributed by atoms with Crippen molar-refractivity contribution in [1.29, 1.82) is 0 Å². The summed E-state index contributed by atoms with van der Waals surface area (Å²) in [5, 5.41) is 0. The fourth-order valence-corrected chi connectivity index (χ4v) is 1.01. The van der Waals surface area contributed by atoms with Gasteiger partial charge in [0.15, 0.2) is 0 Å². The topological polar surface area (TPSA) is 43.5 Å². The first kappa shape index (κ1) is 9.40. The number of rotatable bonds is 7. The smallest absolute Gasteiger partial charge is 0.104 e. The van der Waals surface area contributed by atoms with Gasteiger partial charge in [0.1, 0.15) is 12.2 Å². The zero-order valence-corrected chi connectivity index (χ0v) is 7.90. The van der Waals surface area contributed by atoms with E-state index in [0.29, 0.717) is 32.0 Å². The van der Waals surface area contributed by atoms with Crippen LogP contribution in [0.15, 0.2) is 0 Å². The van der Waals surface area contributed by atoms with Gasteiger partial charge in [-0.05, 0) is 6.92 Å². The molecule has 0 aliphatic carbocycles. The maximum atomic E-state index is 5.48. The van der Waals surface area contributed by atoms with Gasteiger partial charge in [-0.3, -0.25) is 0 Å². The third-order valence-electron chi connectivity index (χ3n) is 2.03. The predicted molar refractivity (Wildman–Crippen MR) is 45.7 cm³/mol. The molecule has 0 saturated carbocycles. The van der Waals surface area contributed by atoms with E-state index in [4.69, 9.17) is 18.9 Å². The van der Waals surface area contributed by atoms with Crippen LogP contribution in [0.5, 0.6) is 0 Å². The normalized spacial score (nSPS) is 33.0. The minimum atomic E-state index is 0.156. The van der Waals surface area contributed by atoms with Gasteiger partial charge in [-0.1, -0.05) is 0 Å². The highest BCUT2D eigenvalue weighted by Crippen LogP contribution is 2.11. The predicted octanol–water partition coefficient (Wildman–Crippen LogP) is 0.206. The number of hydrogen-bond donors (Lipinski definition) is 0. The highest BCUT2D eigenvalue weighted by Gasteiger charge is 2.24. The fraction of sp³-hybridized carbons (Fsp3) is 1.00. The first-order valence-electron chi connectivity index (χ1n) is 4.77. The summed E-state index contributed by atoms with van der Waals surface area (Å²) in [6.45, 7) is 5.76. The van der Waals surface area contributed by atoms with Crippen molar-refractivity contribution in [2.24, 2.45) is 0 Å². The standard InChI is InChI=1S/C9H16O4/c1-7(11-4-9-6-13-9)2-10-3-8-5-12-8/h7-9H,2-6H2,1H3/t7-,8+,9-/m1/s1. The molecule has 0 spiro atoms. The van der Waals surface area contributed by atoms with E-state index in [2.05, 4.69) is 0 Å². The van der Waals surface area contributed by atoms with Gasteiger partial charge in [0.25, 0.3) is 0 Å². The van der Waals surface area contributed by atoms with Gasteiger partial charge in [0, 0.05) is 0 Å². The second-order valence-electron chi connectivity index (χ2n) is 3.59. The van der Waals surface area contributed by atoms with Crippen LogP contribution in [0.1, 0.15) is 6.92 Å². The Morgan fingerprint density at radius 2 is 1.85 bits per heavy atom. The highest BCUT2D eigenvalue weighted by atomic mass is 16.6. The first-order valence-corrected chi connectivity index (χ1v) is 4.77. The Hall–Kier alpha value is -0.160. The lowest BCUT2D eigenvalue weighted by Crippen LogP contribution is -2.19. The van der Waals surface area contributed by atoms with Crippen LogP contribution < -0.4 is 0 Å². The Labute approximate surface area is 78.1 Å². The molecule has 4 nitrogen and oxygen atoms in total. The Morgan fingerprint density at radius 1 is 1.23 bits per heavy atom. The zero-order valence-electron chi connectivity index (χ0n) is 7.90. The fourth-order valence-electron chi connectivity index (χ4n) is 1.01. The van der Waals surface area contributed by atoms with Crippen LogP contribution in [0.2, 0.25) is 0 Å². The van der Waals surface area contributed by atoms with Crippen LogP contribution in [0, 0.1) is 0 Å². The van der Waals surface area contributed by atoms with Gasteiger partial charge < -0.3 is 18.9 Å². The lowest BCUT2D eigenvalue weighted by atomic mass is 10.4. The Morgan fingerprint density at radius 3 is 2.46 bits per heavy atom. The molecule has 0 radical (unpaired) electrons. The van der Waals surface area contributed by atoms with Gasteiger partial charge >= 0.3 is 0 Å². The minimum absolute atomic E-state index is 0.156. The molecule has 2 heterocycles. The summed E-state index contributed by atoms with van der Waals surface area (Å²) in [7, 11) is 0. The van der Waals surface area contributed by atoms with E-state index in [1.54, 1.807) is 0 Å². The molecular formula is C9H16O4. The van der Waals surface area contributed by atoms with E-state index in [-0.39, 0.29) is 6.10 Å². The van der Waals surface area contributed by atoms with Crippen LogP contribution in [0.25, 0.3) is 0 Å². The summed E-state index contributed by atoms with van der Waals surface area (Å²) in [6, 6.07) is 0. The third-order valence-corrected chi connectivity index (χ3v) is 2.03. The monoisotopic (exact) mass is 188 g/mol. The van der Waals surface area contributed by atoms with Crippen molar-refractivity contribution in [3.63, 3.8) is 0 Å². The summed E-state index contributed by atoms with van der Waals surface area (Å²) in [4.78, 5) is 0. The molecule has 2 aliphatic rings. The number of ether oxygens (including phenoxy) is 4. The molecule has 13 heavy (non-hydrogen) atoms. The van der Waals surface area contributed by atoms with E-state index in [1.807, 2.05) is 6.92 Å². The maximum Gasteiger partial charge on any atom is 0.104 e. The molecule has 0 aromatic heterocycles. The molecule has 0 N–H and O–H groups in total. The van der Waals surface area contributed by atoms with E-state index < -0.39 is 0 Å². The van der Waals surface area contributed by atoms with Gasteiger partial charge in [-0.15, -0.1) is 0 Å². The largest absolute Gasteiger partial charge is 0.376 e. The molecule has 0 aromatic rings. The summed E-state index contributed by atoms with van der Waals surface area (Å²) in [5.41, 5.74) is 0. The van der Waals surface area contributed by atoms with Crippen molar-refractivity contribution in [2.45, 2.75) is 25.2 Å². The molecule has 0 amide bonds. The van der Waals surface area contributed by atoms with E-state index in [9.17, 15) is 0 Å². The van der Waals surface area contributed by atoms with Crippen molar-refractivity contribution in [3.05, 3.63) is 0 Å². The SMILES string of the molecule is C[C@H](COC[C@H]1CO1)OC[C@@H]1CO1. The lowest BCUT2D eigenvalue weighted by molar-refractivity contribution is -0.0146. The Kier molecular flexibility index (Phi) is 3.16. The summed E-state index contributed by atoms with van der Waals surface area (Å²) in [6.07, 6.45) is 0.844. The second-order valence-corrected chi connectivity index (χ2v) is 3.59. The summed E-state index contributed by atoms with van der Waals surface area (Å²) >= 11 is 0. The van der Waals surface area contributed by atoms with E-state index in [1.165, 1.54) is 0 Å². The molecule has 0 unspecified atom stereocenters. The molecule has 0 aromatic carbocycles. The highest BCUT2D eigenvalue weighted by molar-refractivity contribution is 4.69. The summed E-state index contributed by atoms with van der Waals surface area (Å²) in [5.74, 6) is 0. The molecule has 2 fully saturated rings. The Balaban J connectivity index is 1.42. The molecule has 4 heteroatoms. The first-order chi connectivity index (χ1) is 6.34. The van der Waals surface area contributed by atoms with Gasteiger partial charge in [-0.2, -0.15) is 0 Å². The average Bonchev–Trinajstić information content (AvgIpc) is 2.97. The van der Waals surface area contributed by atoms with E-state index in [0.717, 1.165) is 13.2 Å². The van der Waals surface area contributed by atoms with Crippen LogP contribution in [0.3, 0.4) is 0 Å². The van der Waals surface area contributed by atoms with Crippen molar-refractivity contribution >= 4 is 0 Å². The van der Waals surface area contributed by atoms with Gasteiger partial charge in [0.2, 0.25) is 0 Å². The van der Waals surface area contributed by atoms with E-state index >= 15 is 0 Å². The minimum Gasteiger partial charge on any atom is -0.376 e. The molecular weight excluding hydrogens is 172 g/mol. The van der Waals surface area contributed by atoms with Gasteiger partial charge in [-0.25, -0.2) is 0 Å². The molecule has 3 atom stereocenters. The third kappa shape index (κ3) is 4.04. The van der Waals surface area contributed by atoms with Crippen LogP contribution in [-0.4, -0.2) is 51.3 Å². The van der Waals surface area contributed by atoms with Crippen molar-refractivity contribution < 1.29 is 18.9 Å². The Bertz CT molecular complexity index is 154. The van der Waals surface area contributed by atoms with Crippen LogP contribution in [0.4, 0.5) is 0 Å². The average molecular weight is 188 g/mol. The van der Waals surface area contributed by atoms with Crippen molar-refractivity contribution in [2.75, 3.05) is 33.0 Å². The van der Waals surface area contributed by atoms with Crippen molar-refractivity contribution in [1.82, 2.24) is 0 Å². The molecule has 2 saturated heterocycles. The maximum absolute atomic E-state index is 5.48. The second kappa shape index (κ2) is 4.37. The van der Waals surface area contributed by atoms with Gasteiger partial charge in [0.05, 0.1) is 39.1 Å². The molecule has 0 bridgehead atoms. The number of epoxide rings is 2. The lowest BCUT2D eigenvalue weighted by Gasteiger charge is -2.11. The molecule has 76 valence electrons. The quantitative estimate of drug-likeness (QED) is 0.535. The number of hydrogen-bond acceptors (Lipinski definition) is 4. The zero-order chi connectivity index (χ0) is 9.10. The van der Waals surface area contributed by atoms with Crippen LogP contribution >= 0.6 is 0 Å². The summed E-state index contributed by atoms with van der Waals surface area (Å²) < 4.78 is 20.9. The molecule has 2 rings (SSSR count). The van der Waals surface area contributed by atoms with Crippen molar-refractivity contribution in [3.8, 4) is 0 Å².